The zero-order valence-corrected chi connectivity index (χ0v) is 24.4. The second kappa shape index (κ2) is 10.5. The molecule has 38 heavy (non-hydrogen) atoms. The molecule has 2 aliphatic rings. The number of rotatable bonds is 6. The highest BCUT2D eigenvalue weighted by molar-refractivity contribution is 9.10. The van der Waals surface area contributed by atoms with Crippen molar-refractivity contribution in [1.29, 1.82) is 0 Å². The molecule has 0 saturated carbocycles. The third-order valence-electron chi connectivity index (χ3n) is 8.20. The first-order valence-electron chi connectivity index (χ1n) is 13.1. The summed E-state index contributed by atoms with van der Waals surface area (Å²) in [5.74, 6) is 0.356. The molecule has 3 nitrogen and oxygen atoms in total. The van der Waals surface area contributed by atoms with E-state index >= 15 is 0 Å². The van der Waals surface area contributed by atoms with Crippen molar-refractivity contribution < 1.29 is 4.79 Å². The maximum Gasteiger partial charge on any atom is 0.159 e. The lowest BCUT2D eigenvalue weighted by atomic mass is 9.57. The van der Waals surface area contributed by atoms with Crippen LogP contribution in [0, 0.1) is 0 Å². The van der Waals surface area contributed by atoms with E-state index in [4.69, 9.17) is 0 Å². The molecule has 2 aliphatic heterocycles. The van der Waals surface area contributed by atoms with E-state index in [1.807, 2.05) is 12.1 Å². The zero-order valence-electron chi connectivity index (χ0n) is 21.2. The molecule has 0 aromatic heterocycles. The van der Waals surface area contributed by atoms with E-state index in [1.165, 1.54) is 11.1 Å². The summed E-state index contributed by atoms with van der Waals surface area (Å²) in [5, 5.41) is 0. The summed E-state index contributed by atoms with van der Waals surface area (Å²) in [6.45, 7) is 4.36. The Morgan fingerprint density at radius 3 is 1.24 bits per heavy atom. The minimum Gasteiger partial charge on any atom is -0.297 e. The number of hydrogen-bond acceptors (Lipinski definition) is 3. The molecule has 2 saturated heterocycles. The van der Waals surface area contributed by atoms with Gasteiger partial charge < -0.3 is 0 Å². The second-order valence-corrected chi connectivity index (χ2v) is 12.4. The van der Waals surface area contributed by atoms with Crippen LogP contribution >= 0.6 is 31.9 Å². The van der Waals surface area contributed by atoms with Gasteiger partial charge in [0.05, 0.1) is 10.8 Å². The fourth-order valence-electron chi connectivity index (χ4n) is 6.58. The van der Waals surface area contributed by atoms with E-state index in [0.29, 0.717) is 32.0 Å². The standard InChI is InChI=1S/C33H30Br2N2O/c34-29-17-9-7-11-25(29)19-36-21-32(27-13-3-1-4-14-27)22-37(20-26-12-8-10-18-30(26)35)24-33(23-36,31(32)38)28-15-5-2-6-16-28/h1-18H,19-24H2. The number of Topliss-reactive ketones (excluding diaryl/α,β-unsaturated/α-hetero) is 1. The van der Waals surface area contributed by atoms with Crippen molar-refractivity contribution >= 4 is 37.6 Å². The van der Waals surface area contributed by atoms with Gasteiger partial charge in [0.2, 0.25) is 0 Å². The summed E-state index contributed by atoms with van der Waals surface area (Å²) < 4.78 is 2.22. The quantitative estimate of drug-likeness (QED) is 0.230. The number of likely N-dealkylation sites (tertiary alicyclic amines) is 2. The molecular formula is C33H30Br2N2O. The first-order valence-corrected chi connectivity index (χ1v) is 14.7. The fourth-order valence-corrected chi connectivity index (χ4v) is 7.40. The molecule has 0 radical (unpaired) electrons. The average molecular weight is 630 g/mol. The second-order valence-electron chi connectivity index (χ2n) is 10.7. The van der Waals surface area contributed by atoms with Crippen LogP contribution < -0.4 is 0 Å². The van der Waals surface area contributed by atoms with Gasteiger partial charge >= 0.3 is 0 Å². The van der Waals surface area contributed by atoms with Crippen LogP contribution in [0.2, 0.25) is 0 Å². The Labute approximate surface area is 241 Å². The van der Waals surface area contributed by atoms with Crippen molar-refractivity contribution in [2.75, 3.05) is 26.2 Å². The Morgan fingerprint density at radius 1 is 0.526 bits per heavy atom. The van der Waals surface area contributed by atoms with Gasteiger partial charge in [-0.15, -0.1) is 0 Å². The van der Waals surface area contributed by atoms with Crippen molar-refractivity contribution in [3.8, 4) is 0 Å². The van der Waals surface area contributed by atoms with Crippen LogP contribution in [-0.4, -0.2) is 41.8 Å². The number of benzene rings is 4. The Morgan fingerprint density at radius 2 is 0.868 bits per heavy atom. The van der Waals surface area contributed by atoms with Crippen molar-refractivity contribution in [3.05, 3.63) is 140 Å². The van der Waals surface area contributed by atoms with Gasteiger partial charge in [0, 0.05) is 48.2 Å². The first-order chi connectivity index (χ1) is 18.5. The molecule has 2 fully saturated rings. The number of hydrogen-bond donors (Lipinski definition) is 0. The van der Waals surface area contributed by atoms with Crippen LogP contribution in [0.15, 0.2) is 118 Å². The lowest BCUT2D eigenvalue weighted by molar-refractivity contribution is -0.145. The summed E-state index contributed by atoms with van der Waals surface area (Å²) in [7, 11) is 0. The molecule has 4 aromatic rings. The number of piperidine rings is 2. The normalized spacial score (nSPS) is 23.9. The number of fused-ring (bicyclic) bond motifs is 2. The molecule has 2 heterocycles. The Balaban J connectivity index is 1.49. The highest BCUT2D eigenvalue weighted by Gasteiger charge is 2.61. The summed E-state index contributed by atoms with van der Waals surface area (Å²) in [6.07, 6.45) is 0. The highest BCUT2D eigenvalue weighted by atomic mass is 79.9. The molecule has 0 spiro atoms. The van der Waals surface area contributed by atoms with Crippen LogP contribution in [0.4, 0.5) is 0 Å². The van der Waals surface area contributed by atoms with Gasteiger partial charge in [0.1, 0.15) is 0 Å². The van der Waals surface area contributed by atoms with Gasteiger partial charge in [0.15, 0.2) is 5.78 Å². The summed E-state index contributed by atoms with van der Waals surface area (Å²) in [4.78, 5) is 19.9. The van der Waals surface area contributed by atoms with E-state index in [1.54, 1.807) is 0 Å². The van der Waals surface area contributed by atoms with Crippen LogP contribution in [0.1, 0.15) is 22.3 Å². The maximum atomic E-state index is 14.9. The van der Waals surface area contributed by atoms with Crippen molar-refractivity contribution in [3.63, 3.8) is 0 Å². The first kappa shape index (κ1) is 25.7. The van der Waals surface area contributed by atoms with Gasteiger partial charge in [-0.1, -0.05) is 129 Å². The van der Waals surface area contributed by atoms with E-state index in [0.717, 1.165) is 33.2 Å². The molecule has 2 bridgehead atoms. The number of carbonyl (C=O) groups is 1. The largest absolute Gasteiger partial charge is 0.297 e. The third kappa shape index (κ3) is 4.60. The molecule has 6 rings (SSSR count). The van der Waals surface area contributed by atoms with E-state index in [9.17, 15) is 4.79 Å². The topological polar surface area (TPSA) is 23.6 Å². The summed E-state index contributed by atoms with van der Waals surface area (Å²) in [6, 6.07) is 37.8. The Bertz CT molecular complexity index is 1320. The van der Waals surface area contributed by atoms with Crippen LogP contribution in [0.25, 0.3) is 0 Å². The zero-order chi connectivity index (χ0) is 26.2. The van der Waals surface area contributed by atoms with Crippen LogP contribution in [0.3, 0.4) is 0 Å². The Kier molecular flexibility index (Phi) is 7.12. The number of carbonyl (C=O) groups excluding carboxylic acids is 1. The number of nitrogens with zero attached hydrogens (tertiary/aromatic N) is 2. The molecule has 4 aromatic carbocycles. The molecule has 192 valence electrons. The molecule has 0 aliphatic carbocycles. The third-order valence-corrected chi connectivity index (χ3v) is 9.75. The SMILES string of the molecule is O=C1C2(c3ccccc3)CN(Cc3ccccc3Br)CC1(c1ccccc1)CN(Cc1ccccc1Br)C2. The van der Waals surface area contributed by atoms with E-state index in [-0.39, 0.29) is 0 Å². The van der Waals surface area contributed by atoms with E-state index in [2.05, 4.69) is 139 Å². The average Bonchev–Trinajstić information content (AvgIpc) is 2.93. The van der Waals surface area contributed by atoms with Crippen molar-refractivity contribution in [1.82, 2.24) is 9.80 Å². The molecule has 0 amide bonds. The van der Waals surface area contributed by atoms with Gasteiger partial charge in [-0.05, 0) is 34.4 Å². The van der Waals surface area contributed by atoms with Crippen LogP contribution in [0.5, 0.6) is 0 Å². The fraction of sp³-hybridized carbons (Fsp3) is 0.242. The van der Waals surface area contributed by atoms with Crippen molar-refractivity contribution in [2.24, 2.45) is 0 Å². The van der Waals surface area contributed by atoms with E-state index < -0.39 is 10.8 Å². The number of halogens is 2. The van der Waals surface area contributed by atoms with Gasteiger partial charge in [-0.2, -0.15) is 0 Å². The lowest BCUT2D eigenvalue weighted by Gasteiger charge is -2.58. The Hall–Kier alpha value is -2.57. The molecular weight excluding hydrogens is 600 g/mol. The van der Waals surface area contributed by atoms with Crippen LogP contribution in [-0.2, 0) is 28.7 Å². The maximum absolute atomic E-state index is 14.9. The predicted molar refractivity (Wildman–Crippen MR) is 160 cm³/mol. The molecule has 0 atom stereocenters. The molecule has 5 heteroatoms. The molecule has 0 unspecified atom stereocenters. The minimum absolute atomic E-state index is 0.356. The molecule has 0 N–H and O–H groups in total. The van der Waals surface area contributed by atoms with Crippen molar-refractivity contribution in [2.45, 2.75) is 23.9 Å². The summed E-state index contributed by atoms with van der Waals surface area (Å²) in [5.41, 5.74) is 3.46. The summed E-state index contributed by atoms with van der Waals surface area (Å²) >= 11 is 7.52. The smallest absolute Gasteiger partial charge is 0.159 e. The number of ketones is 1. The van der Waals surface area contributed by atoms with Gasteiger partial charge in [-0.25, -0.2) is 0 Å². The highest BCUT2D eigenvalue weighted by Crippen LogP contribution is 2.47. The van der Waals surface area contributed by atoms with Gasteiger partial charge in [0.25, 0.3) is 0 Å². The predicted octanol–water partition coefficient (Wildman–Crippen LogP) is 6.99. The monoisotopic (exact) mass is 628 g/mol. The van der Waals surface area contributed by atoms with Gasteiger partial charge in [-0.3, -0.25) is 14.6 Å². The minimum atomic E-state index is -0.629. The lowest BCUT2D eigenvalue weighted by Crippen LogP contribution is -2.73.